The first-order valence-electron chi connectivity index (χ1n) is 5.49. The van der Waals surface area contributed by atoms with E-state index in [1.54, 1.807) is 6.07 Å². The number of hydrogen-bond donors (Lipinski definition) is 1. The van der Waals surface area contributed by atoms with Gasteiger partial charge in [-0.3, -0.25) is 4.90 Å². The monoisotopic (exact) mass is 246 g/mol. The Labute approximate surface area is 98.3 Å². The first-order chi connectivity index (χ1) is 7.66. The van der Waals surface area contributed by atoms with Crippen LogP contribution < -0.4 is 5.32 Å². The second kappa shape index (κ2) is 5.21. The van der Waals surface area contributed by atoms with Gasteiger partial charge in [-0.2, -0.15) is 0 Å². The highest BCUT2D eigenvalue weighted by atomic mass is 32.1. The predicted molar refractivity (Wildman–Crippen MR) is 62.3 cm³/mol. The summed E-state index contributed by atoms with van der Waals surface area (Å²) in [5.41, 5.74) is 0. The first kappa shape index (κ1) is 12.0. The van der Waals surface area contributed by atoms with Crippen LogP contribution in [0.25, 0.3) is 0 Å². The lowest BCUT2D eigenvalue weighted by Crippen LogP contribution is -2.48. The van der Waals surface area contributed by atoms with Gasteiger partial charge in [0.25, 0.3) is 5.92 Å². The van der Waals surface area contributed by atoms with Gasteiger partial charge in [0, 0.05) is 37.5 Å². The van der Waals surface area contributed by atoms with Gasteiger partial charge in [-0.1, -0.05) is 6.07 Å². The molecule has 0 aliphatic carbocycles. The second-order valence-corrected chi connectivity index (χ2v) is 5.17. The van der Waals surface area contributed by atoms with Crippen molar-refractivity contribution in [2.45, 2.75) is 12.3 Å². The van der Waals surface area contributed by atoms with Crippen LogP contribution >= 0.6 is 11.3 Å². The molecule has 1 aliphatic heterocycles. The van der Waals surface area contributed by atoms with E-state index in [-0.39, 0.29) is 13.0 Å². The van der Waals surface area contributed by atoms with Gasteiger partial charge in [0.1, 0.15) is 0 Å². The average molecular weight is 246 g/mol. The lowest BCUT2D eigenvalue weighted by atomic mass is 10.2. The summed E-state index contributed by atoms with van der Waals surface area (Å²) >= 11 is 1.40. The Balaban J connectivity index is 1.86. The number of halogens is 2. The zero-order valence-corrected chi connectivity index (χ0v) is 9.90. The van der Waals surface area contributed by atoms with E-state index in [2.05, 4.69) is 5.32 Å². The van der Waals surface area contributed by atoms with Crippen LogP contribution in [-0.2, 0) is 6.42 Å². The van der Waals surface area contributed by atoms with Crippen LogP contribution in [0.3, 0.4) is 0 Å². The lowest BCUT2D eigenvalue weighted by molar-refractivity contribution is -0.0331. The summed E-state index contributed by atoms with van der Waals surface area (Å²) in [5.74, 6) is -2.61. The van der Waals surface area contributed by atoms with Crippen LogP contribution in [0, 0.1) is 0 Å². The molecule has 1 saturated heterocycles. The zero-order chi connectivity index (χ0) is 11.4. The Bertz CT molecular complexity index is 308. The molecule has 5 heteroatoms. The Hall–Kier alpha value is -0.520. The summed E-state index contributed by atoms with van der Waals surface area (Å²) in [6.07, 6.45) is -0.130. The summed E-state index contributed by atoms with van der Waals surface area (Å²) in [6.45, 7) is 2.96. The molecule has 0 spiro atoms. The molecule has 0 unspecified atom stereocenters. The van der Waals surface area contributed by atoms with E-state index < -0.39 is 5.92 Å². The molecule has 0 radical (unpaired) electrons. The third-order valence-electron chi connectivity index (χ3n) is 2.68. The Morgan fingerprint density at radius 3 is 2.75 bits per heavy atom. The van der Waals surface area contributed by atoms with Crippen LogP contribution in [-0.4, -0.2) is 43.5 Å². The van der Waals surface area contributed by atoms with E-state index in [0.717, 1.165) is 31.1 Å². The molecule has 1 N–H and O–H groups in total. The van der Waals surface area contributed by atoms with Crippen LogP contribution in [0.1, 0.15) is 4.88 Å². The topological polar surface area (TPSA) is 15.3 Å². The van der Waals surface area contributed by atoms with E-state index in [1.165, 1.54) is 11.3 Å². The standard InChI is InChI=1S/C11H16F2N2S/c12-11(13,8-10-2-1-7-16-10)9-15-5-3-14-4-6-15/h1-2,7,14H,3-6,8-9H2. The van der Waals surface area contributed by atoms with Gasteiger partial charge in [-0.25, -0.2) is 8.78 Å². The molecule has 0 amide bonds. The molecule has 1 aromatic rings. The van der Waals surface area contributed by atoms with Crippen LogP contribution in [0.15, 0.2) is 17.5 Å². The van der Waals surface area contributed by atoms with Crippen molar-refractivity contribution in [2.24, 2.45) is 0 Å². The Morgan fingerprint density at radius 1 is 1.38 bits per heavy atom. The fourth-order valence-electron chi connectivity index (χ4n) is 1.92. The Kier molecular flexibility index (Phi) is 3.89. The van der Waals surface area contributed by atoms with Crippen molar-refractivity contribution in [2.75, 3.05) is 32.7 Å². The van der Waals surface area contributed by atoms with Gasteiger partial charge in [0.05, 0.1) is 6.54 Å². The minimum atomic E-state index is -2.61. The van der Waals surface area contributed by atoms with Gasteiger partial charge in [-0.05, 0) is 11.4 Å². The molecule has 0 atom stereocenters. The number of piperazine rings is 1. The number of nitrogens with zero attached hydrogens (tertiary/aromatic N) is 1. The summed E-state index contributed by atoms with van der Waals surface area (Å²) < 4.78 is 27.4. The van der Waals surface area contributed by atoms with Crippen molar-refractivity contribution < 1.29 is 8.78 Å². The maximum Gasteiger partial charge on any atom is 0.265 e. The minimum absolute atomic E-state index is 0.118. The number of nitrogens with one attached hydrogen (secondary N) is 1. The average Bonchev–Trinajstić information content (AvgIpc) is 2.70. The fraction of sp³-hybridized carbons (Fsp3) is 0.636. The SMILES string of the molecule is FC(F)(Cc1cccs1)CN1CCNCC1. The molecule has 2 heterocycles. The molecule has 1 fully saturated rings. The second-order valence-electron chi connectivity index (χ2n) is 4.14. The summed E-state index contributed by atoms with van der Waals surface area (Å²) in [4.78, 5) is 2.60. The van der Waals surface area contributed by atoms with Crippen molar-refractivity contribution in [1.29, 1.82) is 0 Å². The summed E-state index contributed by atoms with van der Waals surface area (Å²) in [6, 6.07) is 3.59. The minimum Gasteiger partial charge on any atom is -0.314 e. The van der Waals surface area contributed by atoms with Crippen molar-refractivity contribution in [3.05, 3.63) is 22.4 Å². The van der Waals surface area contributed by atoms with Gasteiger partial charge in [0.15, 0.2) is 0 Å². The molecule has 0 saturated carbocycles. The van der Waals surface area contributed by atoms with Crippen molar-refractivity contribution in [3.8, 4) is 0 Å². The van der Waals surface area contributed by atoms with Gasteiger partial charge < -0.3 is 5.32 Å². The van der Waals surface area contributed by atoms with Gasteiger partial charge in [0.2, 0.25) is 0 Å². The van der Waals surface area contributed by atoms with E-state index >= 15 is 0 Å². The molecule has 2 nitrogen and oxygen atoms in total. The van der Waals surface area contributed by atoms with Gasteiger partial charge >= 0.3 is 0 Å². The quantitative estimate of drug-likeness (QED) is 0.872. The van der Waals surface area contributed by atoms with Crippen LogP contribution in [0.2, 0.25) is 0 Å². The van der Waals surface area contributed by atoms with E-state index in [9.17, 15) is 8.78 Å². The lowest BCUT2D eigenvalue weighted by Gasteiger charge is -2.30. The zero-order valence-electron chi connectivity index (χ0n) is 9.09. The molecular formula is C11H16F2N2S. The molecule has 2 rings (SSSR count). The third-order valence-corrected chi connectivity index (χ3v) is 3.55. The normalized spacial score (nSPS) is 18.9. The third kappa shape index (κ3) is 3.50. The fourth-order valence-corrected chi connectivity index (χ4v) is 2.70. The number of alkyl halides is 2. The molecule has 1 aromatic heterocycles. The summed E-state index contributed by atoms with van der Waals surface area (Å²) in [5, 5.41) is 5.01. The predicted octanol–water partition coefficient (Wildman–Crippen LogP) is 1.83. The smallest absolute Gasteiger partial charge is 0.265 e. The highest BCUT2D eigenvalue weighted by molar-refractivity contribution is 7.09. The molecule has 1 aliphatic rings. The molecular weight excluding hydrogens is 230 g/mol. The van der Waals surface area contributed by atoms with Crippen LogP contribution in [0.5, 0.6) is 0 Å². The first-order valence-corrected chi connectivity index (χ1v) is 6.37. The maximum atomic E-state index is 13.7. The van der Waals surface area contributed by atoms with Crippen molar-refractivity contribution in [3.63, 3.8) is 0 Å². The van der Waals surface area contributed by atoms with Crippen molar-refractivity contribution >= 4 is 11.3 Å². The van der Waals surface area contributed by atoms with Crippen molar-refractivity contribution in [1.82, 2.24) is 10.2 Å². The molecule has 16 heavy (non-hydrogen) atoms. The molecule has 0 bridgehead atoms. The van der Waals surface area contributed by atoms with E-state index in [1.807, 2.05) is 16.3 Å². The van der Waals surface area contributed by atoms with Crippen LogP contribution in [0.4, 0.5) is 8.78 Å². The van der Waals surface area contributed by atoms with E-state index in [4.69, 9.17) is 0 Å². The Morgan fingerprint density at radius 2 is 2.12 bits per heavy atom. The number of thiophene rings is 1. The molecule has 90 valence electrons. The maximum absolute atomic E-state index is 13.7. The summed E-state index contributed by atoms with van der Waals surface area (Å²) in [7, 11) is 0. The van der Waals surface area contributed by atoms with Gasteiger partial charge in [-0.15, -0.1) is 11.3 Å². The molecule has 0 aromatic carbocycles. The number of rotatable bonds is 4. The number of hydrogen-bond acceptors (Lipinski definition) is 3. The highest BCUT2D eigenvalue weighted by Gasteiger charge is 2.32. The largest absolute Gasteiger partial charge is 0.314 e. The highest BCUT2D eigenvalue weighted by Crippen LogP contribution is 2.24. The van der Waals surface area contributed by atoms with E-state index in [0.29, 0.717) is 0 Å².